The van der Waals surface area contributed by atoms with Gasteiger partial charge in [-0.15, -0.1) is 0 Å². The number of nitrogens with zero attached hydrogens (tertiary/aromatic N) is 3. The third-order valence-corrected chi connectivity index (χ3v) is 6.86. The maximum atomic E-state index is 13.1. The van der Waals surface area contributed by atoms with Crippen molar-refractivity contribution in [2.24, 2.45) is 11.8 Å². The Labute approximate surface area is 165 Å². The zero-order valence-corrected chi connectivity index (χ0v) is 15.9. The third-order valence-electron chi connectivity index (χ3n) is 6.86. The smallest absolute Gasteiger partial charge is 0.390 e. The number of aliphatic hydroxyl groups is 1. The van der Waals surface area contributed by atoms with Gasteiger partial charge in [-0.3, -0.25) is 14.7 Å². The highest BCUT2D eigenvalue weighted by molar-refractivity contribution is 5.91. The fourth-order valence-electron chi connectivity index (χ4n) is 4.88. The highest BCUT2D eigenvalue weighted by Crippen LogP contribution is 2.58. The van der Waals surface area contributed by atoms with Crippen LogP contribution >= 0.6 is 0 Å². The summed E-state index contributed by atoms with van der Waals surface area (Å²) < 4.78 is 40.9. The number of nitrogens with one attached hydrogen (secondary N) is 1. The molecule has 0 spiro atoms. The predicted octanol–water partition coefficient (Wildman–Crippen LogP) is 4.05. The van der Waals surface area contributed by atoms with Crippen LogP contribution in [0.25, 0.3) is 11.2 Å². The number of halogens is 3. The van der Waals surface area contributed by atoms with Crippen LogP contribution in [0.3, 0.4) is 0 Å². The van der Waals surface area contributed by atoms with E-state index in [-0.39, 0.29) is 30.0 Å². The van der Waals surface area contributed by atoms with Crippen LogP contribution in [-0.4, -0.2) is 31.1 Å². The highest BCUT2D eigenvalue weighted by Gasteiger charge is 2.56. The molecule has 3 saturated carbocycles. The molecule has 0 radical (unpaired) electrons. The average molecular weight is 408 g/mol. The van der Waals surface area contributed by atoms with E-state index in [1.807, 2.05) is 0 Å². The Balaban J connectivity index is 1.38. The zero-order chi connectivity index (χ0) is 20.4. The summed E-state index contributed by atoms with van der Waals surface area (Å²) in [6, 6.07) is 2.19. The van der Waals surface area contributed by atoms with Crippen LogP contribution in [-0.2, 0) is 11.0 Å². The molecule has 0 bridgehead atoms. The summed E-state index contributed by atoms with van der Waals surface area (Å²) in [5.41, 5.74) is -1.24. The van der Waals surface area contributed by atoms with Crippen molar-refractivity contribution in [3.63, 3.8) is 0 Å². The van der Waals surface area contributed by atoms with Gasteiger partial charge < -0.3 is 5.11 Å². The van der Waals surface area contributed by atoms with Crippen molar-refractivity contribution >= 4 is 23.0 Å². The molecular formula is C20H23F3N4O2. The summed E-state index contributed by atoms with van der Waals surface area (Å²) in [6.45, 7) is 0. The van der Waals surface area contributed by atoms with E-state index in [9.17, 15) is 23.1 Å². The van der Waals surface area contributed by atoms with Gasteiger partial charge in [-0.1, -0.05) is 0 Å². The van der Waals surface area contributed by atoms with Crippen LogP contribution in [0.15, 0.2) is 12.1 Å². The Morgan fingerprint density at radius 1 is 1.28 bits per heavy atom. The molecule has 3 aliphatic carbocycles. The molecule has 3 fully saturated rings. The van der Waals surface area contributed by atoms with E-state index >= 15 is 0 Å². The van der Waals surface area contributed by atoms with Crippen LogP contribution in [0.4, 0.5) is 19.1 Å². The molecule has 29 heavy (non-hydrogen) atoms. The van der Waals surface area contributed by atoms with Crippen LogP contribution in [0.5, 0.6) is 0 Å². The van der Waals surface area contributed by atoms with Gasteiger partial charge in [0.2, 0.25) is 11.9 Å². The number of rotatable bonds is 5. The Bertz CT molecular complexity index is 969. The number of pyridine rings is 1. The van der Waals surface area contributed by atoms with Gasteiger partial charge in [0, 0.05) is 12.5 Å². The van der Waals surface area contributed by atoms with Gasteiger partial charge >= 0.3 is 6.18 Å². The molecule has 0 saturated heterocycles. The van der Waals surface area contributed by atoms with Crippen molar-refractivity contribution in [3.8, 4) is 0 Å². The topological polar surface area (TPSA) is 80.0 Å². The first-order valence-corrected chi connectivity index (χ1v) is 10.2. The van der Waals surface area contributed by atoms with Crippen LogP contribution in [0, 0.1) is 11.8 Å². The summed E-state index contributed by atoms with van der Waals surface area (Å²) in [4.78, 5) is 20.7. The molecule has 3 aliphatic rings. The number of amides is 1. The number of hydrogen-bond donors (Lipinski definition) is 2. The minimum absolute atomic E-state index is 0.0162. The van der Waals surface area contributed by atoms with Gasteiger partial charge in [0.25, 0.3) is 0 Å². The molecule has 0 aromatic carbocycles. The molecule has 156 valence electrons. The fraction of sp³-hybridized carbons (Fsp3) is 0.650. The minimum Gasteiger partial charge on any atom is -0.390 e. The minimum atomic E-state index is -4.54. The predicted molar refractivity (Wildman–Crippen MR) is 99.1 cm³/mol. The van der Waals surface area contributed by atoms with Crippen molar-refractivity contribution in [3.05, 3.63) is 17.8 Å². The van der Waals surface area contributed by atoms with Crippen molar-refractivity contribution in [2.75, 3.05) is 5.32 Å². The second-order valence-electron chi connectivity index (χ2n) is 8.72. The first kappa shape index (κ1) is 18.8. The molecule has 0 aliphatic heterocycles. The summed E-state index contributed by atoms with van der Waals surface area (Å²) in [6.07, 6.45) is 1.44. The molecule has 5 rings (SSSR count). The SMILES string of the molecule is O=C(CCC1(O)CCC2CC21)Nc1nc2ccc(C(F)(F)F)nc2n1C1CCC1. The maximum absolute atomic E-state index is 13.1. The largest absolute Gasteiger partial charge is 0.433 e. The van der Waals surface area contributed by atoms with Crippen molar-refractivity contribution < 1.29 is 23.1 Å². The summed E-state index contributed by atoms with van der Waals surface area (Å²) >= 11 is 0. The van der Waals surface area contributed by atoms with Crippen molar-refractivity contribution in [2.45, 2.75) is 69.2 Å². The van der Waals surface area contributed by atoms with Gasteiger partial charge in [0.1, 0.15) is 11.2 Å². The molecule has 3 atom stereocenters. The molecule has 2 aromatic rings. The lowest BCUT2D eigenvalue weighted by Crippen LogP contribution is -2.30. The summed E-state index contributed by atoms with van der Waals surface area (Å²) in [7, 11) is 0. The number of fused-ring (bicyclic) bond motifs is 2. The summed E-state index contributed by atoms with van der Waals surface area (Å²) in [5, 5.41) is 13.5. The third kappa shape index (κ3) is 3.29. The molecule has 2 aromatic heterocycles. The van der Waals surface area contributed by atoms with E-state index in [1.54, 1.807) is 4.57 Å². The molecule has 6 nitrogen and oxygen atoms in total. The molecule has 2 N–H and O–H groups in total. The highest BCUT2D eigenvalue weighted by atomic mass is 19.4. The van der Waals surface area contributed by atoms with E-state index in [2.05, 4.69) is 15.3 Å². The van der Waals surface area contributed by atoms with Gasteiger partial charge in [0.15, 0.2) is 5.65 Å². The number of carbonyl (C=O) groups is 1. The Morgan fingerprint density at radius 2 is 2.07 bits per heavy atom. The van der Waals surface area contributed by atoms with E-state index in [1.165, 1.54) is 6.07 Å². The monoisotopic (exact) mass is 408 g/mol. The number of alkyl halides is 3. The van der Waals surface area contributed by atoms with Gasteiger partial charge in [-0.2, -0.15) is 13.2 Å². The van der Waals surface area contributed by atoms with Crippen LogP contribution in [0.2, 0.25) is 0 Å². The first-order valence-electron chi connectivity index (χ1n) is 10.2. The molecular weight excluding hydrogens is 385 g/mol. The number of imidazole rings is 1. The van der Waals surface area contributed by atoms with Crippen LogP contribution < -0.4 is 5.32 Å². The van der Waals surface area contributed by atoms with Gasteiger partial charge in [0.05, 0.1) is 5.60 Å². The molecule has 2 heterocycles. The molecule has 9 heteroatoms. The standard InChI is InChI=1S/C20H23F3N4O2/c21-20(22,23)15-5-4-14-17(25-15)27(12-2-1-3-12)18(24-14)26-16(28)7-9-19(29)8-6-11-10-13(11)19/h4-5,11-13,29H,1-3,6-10H2,(H,24,26,28). The fourth-order valence-corrected chi connectivity index (χ4v) is 4.88. The lowest BCUT2D eigenvalue weighted by molar-refractivity contribution is -0.141. The van der Waals surface area contributed by atoms with Crippen molar-refractivity contribution in [1.82, 2.24) is 14.5 Å². The van der Waals surface area contributed by atoms with E-state index in [0.29, 0.717) is 23.8 Å². The second kappa shape index (κ2) is 6.42. The average Bonchev–Trinajstić information content (AvgIpc) is 3.25. The van der Waals surface area contributed by atoms with E-state index < -0.39 is 17.5 Å². The summed E-state index contributed by atoms with van der Waals surface area (Å²) in [5.74, 6) is 0.887. The normalized spacial score (nSPS) is 29.0. The van der Waals surface area contributed by atoms with Gasteiger partial charge in [-0.25, -0.2) is 9.97 Å². The van der Waals surface area contributed by atoms with Crippen molar-refractivity contribution in [1.29, 1.82) is 0 Å². The number of aromatic nitrogens is 3. The zero-order valence-electron chi connectivity index (χ0n) is 15.9. The first-order chi connectivity index (χ1) is 13.7. The number of hydrogen-bond acceptors (Lipinski definition) is 4. The van der Waals surface area contributed by atoms with E-state index in [4.69, 9.17) is 0 Å². The lowest BCUT2D eigenvalue weighted by Gasteiger charge is -2.29. The Morgan fingerprint density at radius 3 is 2.66 bits per heavy atom. The molecule has 1 amide bonds. The number of carbonyl (C=O) groups excluding carboxylic acids is 1. The number of anilines is 1. The quantitative estimate of drug-likeness (QED) is 0.782. The Hall–Kier alpha value is -2.16. The lowest BCUT2D eigenvalue weighted by atomic mass is 9.92. The Kier molecular flexibility index (Phi) is 4.17. The van der Waals surface area contributed by atoms with E-state index in [0.717, 1.165) is 44.6 Å². The molecule has 3 unspecified atom stereocenters. The second-order valence-corrected chi connectivity index (χ2v) is 8.72. The maximum Gasteiger partial charge on any atom is 0.433 e. The van der Waals surface area contributed by atoms with Gasteiger partial charge in [-0.05, 0) is 68.9 Å². The van der Waals surface area contributed by atoms with Crippen LogP contribution in [0.1, 0.15) is 63.1 Å².